The fourth-order valence-electron chi connectivity index (χ4n) is 3.04. The number of carbonyl (C=O) groups is 1. The molecule has 0 aliphatic rings. The maximum absolute atomic E-state index is 12.3. The van der Waals surface area contributed by atoms with Crippen LogP contribution in [0.4, 0.5) is 0 Å². The molecule has 1 amide bonds. The summed E-state index contributed by atoms with van der Waals surface area (Å²) < 4.78 is 7.42. The summed E-state index contributed by atoms with van der Waals surface area (Å²) in [6.45, 7) is 2.51. The summed E-state index contributed by atoms with van der Waals surface area (Å²) in [5, 5.41) is 22.5. The van der Waals surface area contributed by atoms with E-state index in [2.05, 4.69) is 25.7 Å². The number of nitrogens with one attached hydrogen (secondary N) is 1. The number of thioether (sulfide) groups is 1. The molecule has 10 heteroatoms. The van der Waals surface area contributed by atoms with Gasteiger partial charge in [-0.15, -0.1) is 10.2 Å². The van der Waals surface area contributed by atoms with Crippen LogP contribution in [0.2, 0.25) is 0 Å². The molecule has 0 saturated carbocycles. The average molecular weight is 475 g/mol. The number of hydrazone groups is 1. The van der Waals surface area contributed by atoms with E-state index in [1.807, 2.05) is 47.9 Å². The Morgan fingerprint density at radius 2 is 1.94 bits per heavy atom. The number of aromatic hydroxyl groups is 1. The maximum atomic E-state index is 12.3. The van der Waals surface area contributed by atoms with Gasteiger partial charge in [-0.3, -0.25) is 14.3 Å². The number of nitrogens with zero attached hydrogens (tertiary/aromatic N) is 5. The average Bonchev–Trinajstić information content (AvgIpc) is 3.29. The quantitative estimate of drug-likeness (QED) is 0.216. The molecule has 0 bridgehead atoms. The van der Waals surface area contributed by atoms with Crippen molar-refractivity contribution in [1.29, 1.82) is 0 Å². The lowest BCUT2D eigenvalue weighted by Crippen LogP contribution is -2.20. The van der Waals surface area contributed by atoms with Gasteiger partial charge in [-0.25, -0.2) is 5.43 Å². The predicted molar refractivity (Wildman–Crippen MR) is 130 cm³/mol. The predicted octanol–water partition coefficient (Wildman–Crippen LogP) is 3.68. The molecule has 2 aromatic carbocycles. The number of phenolic OH excluding ortho intramolecular Hbond substituents is 1. The fraction of sp³-hybridized carbons (Fsp3) is 0.125. The second-order valence-electron chi connectivity index (χ2n) is 6.98. The molecule has 0 atom stereocenters. The van der Waals surface area contributed by atoms with Crippen LogP contribution in [0.15, 0.2) is 83.3 Å². The van der Waals surface area contributed by atoms with Crippen LogP contribution in [0.3, 0.4) is 0 Å². The molecular weight excluding hydrogens is 452 g/mol. The van der Waals surface area contributed by atoms with E-state index >= 15 is 0 Å². The SMILES string of the molecule is CCOc1ccc(-n2c(SCC(=O)N/N=C\c3ccc(O)cc3)nnc2-c2cccnc2)cc1. The zero-order valence-corrected chi connectivity index (χ0v) is 19.1. The molecule has 0 aliphatic heterocycles. The first-order valence-corrected chi connectivity index (χ1v) is 11.5. The van der Waals surface area contributed by atoms with Crippen molar-refractivity contribution in [1.82, 2.24) is 25.2 Å². The second kappa shape index (κ2) is 11.1. The number of ether oxygens (including phenoxy) is 1. The van der Waals surface area contributed by atoms with Gasteiger partial charge in [0.1, 0.15) is 11.5 Å². The zero-order valence-electron chi connectivity index (χ0n) is 18.3. The van der Waals surface area contributed by atoms with Gasteiger partial charge in [-0.1, -0.05) is 11.8 Å². The summed E-state index contributed by atoms with van der Waals surface area (Å²) in [5.74, 6) is 1.35. The molecule has 4 aromatic rings. The van der Waals surface area contributed by atoms with E-state index in [1.165, 1.54) is 18.0 Å². The molecule has 0 aliphatic carbocycles. The van der Waals surface area contributed by atoms with Crippen molar-refractivity contribution in [3.8, 4) is 28.6 Å². The smallest absolute Gasteiger partial charge is 0.250 e. The van der Waals surface area contributed by atoms with Crippen LogP contribution in [-0.4, -0.2) is 49.3 Å². The lowest BCUT2D eigenvalue weighted by molar-refractivity contribution is -0.118. The van der Waals surface area contributed by atoms with E-state index in [4.69, 9.17) is 4.74 Å². The highest BCUT2D eigenvalue weighted by Crippen LogP contribution is 2.28. The Kier molecular flexibility index (Phi) is 7.51. The molecule has 9 nitrogen and oxygen atoms in total. The summed E-state index contributed by atoms with van der Waals surface area (Å²) in [6, 6.07) is 17.8. The van der Waals surface area contributed by atoms with E-state index in [0.717, 1.165) is 22.6 Å². The third kappa shape index (κ3) is 5.78. The van der Waals surface area contributed by atoms with E-state index in [0.29, 0.717) is 17.6 Å². The summed E-state index contributed by atoms with van der Waals surface area (Å²) in [7, 11) is 0. The molecule has 4 rings (SSSR count). The summed E-state index contributed by atoms with van der Waals surface area (Å²) in [4.78, 5) is 16.5. The first-order valence-electron chi connectivity index (χ1n) is 10.5. The number of rotatable bonds is 9. The highest BCUT2D eigenvalue weighted by atomic mass is 32.2. The minimum Gasteiger partial charge on any atom is -0.508 e. The fourth-order valence-corrected chi connectivity index (χ4v) is 3.78. The third-order valence-corrected chi connectivity index (χ3v) is 5.52. The molecule has 0 spiro atoms. The Morgan fingerprint density at radius 1 is 1.15 bits per heavy atom. The number of aromatic nitrogens is 4. The van der Waals surface area contributed by atoms with Crippen molar-refractivity contribution in [2.45, 2.75) is 12.1 Å². The molecule has 0 unspecified atom stereocenters. The van der Waals surface area contributed by atoms with Crippen molar-refractivity contribution in [2.24, 2.45) is 5.10 Å². The van der Waals surface area contributed by atoms with Gasteiger partial charge in [-0.05, 0) is 73.2 Å². The Bertz CT molecular complexity index is 1260. The number of hydrogen-bond donors (Lipinski definition) is 2. The molecule has 0 saturated heterocycles. The van der Waals surface area contributed by atoms with Crippen LogP contribution in [-0.2, 0) is 4.79 Å². The lowest BCUT2D eigenvalue weighted by atomic mass is 10.2. The van der Waals surface area contributed by atoms with E-state index in [9.17, 15) is 9.90 Å². The monoisotopic (exact) mass is 474 g/mol. The van der Waals surface area contributed by atoms with Crippen molar-refractivity contribution in [3.63, 3.8) is 0 Å². The third-order valence-electron chi connectivity index (χ3n) is 4.59. The Balaban J connectivity index is 1.50. The topological polar surface area (TPSA) is 115 Å². The highest BCUT2D eigenvalue weighted by molar-refractivity contribution is 7.99. The number of amides is 1. The Hall–Kier alpha value is -4.18. The largest absolute Gasteiger partial charge is 0.508 e. The van der Waals surface area contributed by atoms with Gasteiger partial charge < -0.3 is 9.84 Å². The van der Waals surface area contributed by atoms with Gasteiger partial charge >= 0.3 is 0 Å². The highest BCUT2D eigenvalue weighted by Gasteiger charge is 2.17. The summed E-state index contributed by atoms with van der Waals surface area (Å²) >= 11 is 1.25. The van der Waals surface area contributed by atoms with Crippen LogP contribution >= 0.6 is 11.8 Å². The number of hydrogen-bond acceptors (Lipinski definition) is 8. The molecule has 34 heavy (non-hydrogen) atoms. The molecule has 172 valence electrons. The van der Waals surface area contributed by atoms with Gasteiger partial charge in [0.15, 0.2) is 11.0 Å². The lowest BCUT2D eigenvalue weighted by Gasteiger charge is -2.11. The first-order chi connectivity index (χ1) is 16.6. The normalized spacial score (nSPS) is 11.0. The van der Waals surface area contributed by atoms with E-state index in [-0.39, 0.29) is 17.4 Å². The number of benzene rings is 2. The Labute approximate surface area is 200 Å². The van der Waals surface area contributed by atoms with Gasteiger partial charge in [0.25, 0.3) is 5.91 Å². The molecule has 0 fully saturated rings. The van der Waals surface area contributed by atoms with Gasteiger partial charge in [0, 0.05) is 23.6 Å². The molecule has 2 aromatic heterocycles. The molecule has 0 radical (unpaired) electrons. The molecule has 2 heterocycles. The van der Waals surface area contributed by atoms with Crippen LogP contribution in [0, 0.1) is 0 Å². The van der Waals surface area contributed by atoms with Crippen molar-refractivity contribution >= 4 is 23.9 Å². The van der Waals surface area contributed by atoms with Gasteiger partial charge in [0.2, 0.25) is 0 Å². The van der Waals surface area contributed by atoms with Crippen molar-refractivity contribution in [2.75, 3.05) is 12.4 Å². The summed E-state index contributed by atoms with van der Waals surface area (Å²) in [5.41, 5.74) is 4.89. The van der Waals surface area contributed by atoms with Crippen LogP contribution in [0.25, 0.3) is 17.1 Å². The second-order valence-corrected chi connectivity index (χ2v) is 7.93. The minimum atomic E-state index is -0.288. The minimum absolute atomic E-state index is 0.0924. The standard InChI is InChI=1S/C24H22N6O3S/c1-2-33-21-11-7-19(8-12-21)30-23(18-4-3-13-25-15-18)28-29-24(30)34-16-22(32)27-26-14-17-5-9-20(31)10-6-17/h3-15,31H,2,16H2,1H3,(H,27,32)/b26-14-. The number of pyridine rings is 1. The number of phenols is 1. The molecular formula is C24H22N6O3S. The maximum Gasteiger partial charge on any atom is 0.250 e. The summed E-state index contributed by atoms with van der Waals surface area (Å²) in [6.07, 6.45) is 4.92. The van der Waals surface area contributed by atoms with E-state index < -0.39 is 0 Å². The van der Waals surface area contributed by atoms with Crippen LogP contribution in [0.5, 0.6) is 11.5 Å². The van der Waals surface area contributed by atoms with Crippen LogP contribution in [0.1, 0.15) is 12.5 Å². The first kappa shape index (κ1) is 23.0. The van der Waals surface area contributed by atoms with Crippen molar-refractivity contribution in [3.05, 3.63) is 78.6 Å². The van der Waals surface area contributed by atoms with E-state index in [1.54, 1.807) is 36.7 Å². The van der Waals surface area contributed by atoms with Crippen LogP contribution < -0.4 is 10.2 Å². The molecule has 2 N–H and O–H groups in total. The number of carbonyl (C=O) groups excluding carboxylic acids is 1. The Morgan fingerprint density at radius 3 is 2.65 bits per heavy atom. The van der Waals surface area contributed by atoms with Crippen molar-refractivity contribution < 1.29 is 14.6 Å². The van der Waals surface area contributed by atoms with Gasteiger partial charge in [-0.2, -0.15) is 5.10 Å². The zero-order chi connectivity index (χ0) is 23.8. The van der Waals surface area contributed by atoms with Gasteiger partial charge in [0.05, 0.1) is 18.6 Å².